The van der Waals surface area contributed by atoms with Crippen molar-refractivity contribution in [3.05, 3.63) is 72.9 Å². The molecule has 13 heteroatoms. The Bertz CT molecular complexity index is 1140. The molecule has 0 bridgehead atoms. The lowest BCUT2D eigenvalue weighted by Gasteiger charge is -2.40. The average Bonchev–Trinajstić information content (AvgIpc) is 3.01. The highest BCUT2D eigenvalue weighted by Gasteiger charge is 2.45. The van der Waals surface area contributed by atoms with Crippen molar-refractivity contribution in [2.45, 2.75) is 113 Å². The van der Waals surface area contributed by atoms with Gasteiger partial charge in [0.05, 0.1) is 37.3 Å². The van der Waals surface area contributed by atoms with Crippen molar-refractivity contribution in [2.75, 3.05) is 6.61 Å². The maximum absolute atomic E-state index is 12.2. The number of carboxylic acid groups (broad SMARTS) is 1. The van der Waals surface area contributed by atoms with Crippen LogP contribution < -0.4 is 0 Å². The Morgan fingerprint density at radius 1 is 0.872 bits per heavy atom. The van der Waals surface area contributed by atoms with Crippen LogP contribution in [0.15, 0.2) is 72.9 Å². The molecule has 0 aromatic carbocycles. The van der Waals surface area contributed by atoms with E-state index >= 15 is 0 Å². The lowest BCUT2D eigenvalue weighted by molar-refractivity contribution is -0.307. The highest BCUT2D eigenvalue weighted by atomic mass is 16.7. The van der Waals surface area contributed by atoms with Crippen molar-refractivity contribution in [1.82, 2.24) is 0 Å². The van der Waals surface area contributed by atoms with Crippen LogP contribution in [-0.4, -0.2) is 110 Å². The first-order valence-electron chi connectivity index (χ1n) is 15.7. The summed E-state index contributed by atoms with van der Waals surface area (Å²) in [5, 5.41) is 60.5. The summed E-state index contributed by atoms with van der Waals surface area (Å²) < 4.78 is 21.9. The molecule has 2 aliphatic rings. The molecule has 9 atom stereocenters. The minimum atomic E-state index is -1.70. The van der Waals surface area contributed by atoms with Crippen LogP contribution in [0.1, 0.15) is 58.3 Å². The van der Waals surface area contributed by atoms with E-state index in [2.05, 4.69) is 0 Å². The third-order valence-corrected chi connectivity index (χ3v) is 7.15. The molecule has 2 aliphatic heterocycles. The molecule has 0 aromatic rings. The second kappa shape index (κ2) is 22.2. The molecule has 0 saturated carbocycles. The molecule has 1 saturated heterocycles. The SMILES string of the molecule is CC1CCC/C=C/C=C/C(O)CC(O)C/C=C\C=C\C(O[C@H]2O[C@@H](COC(=O)CCC(=O)O)[C@H](O)[C@@H](O)[C@@H]2O)C/C=C/C=C\C(=O)O1. The third-order valence-electron chi connectivity index (χ3n) is 7.15. The summed E-state index contributed by atoms with van der Waals surface area (Å²) in [7, 11) is 0. The maximum atomic E-state index is 12.2. The number of carbonyl (C=O) groups excluding carboxylic acids is 2. The van der Waals surface area contributed by atoms with Gasteiger partial charge in [-0.2, -0.15) is 0 Å². The second-order valence-electron chi connectivity index (χ2n) is 11.3. The number of carbonyl (C=O) groups is 3. The Morgan fingerprint density at radius 3 is 2.34 bits per heavy atom. The summed E-state index contributed by atoms with van der Waals surface area (Å²) >= 11 is 0. The summed E-state index contributed by atoms with van der Waals surface area (Å²) in [5.41, 5.74) is 0. The van der Waals surface area contributed by atoms with E-state index in [1.807, 2.05) is 19.1 Å². The number of aliphatic hydroxyl groups excluding tert-OH is 5. The molecule has 6 N–H and O–H groups in total. The number of cyclic esters (lactones) is 1. The van der Waals surface area contributed by atoms with E-state index in [1.165, 1.54) is 12.2 Å². The Balaban J connectivity index is 2.14. The molecule has 4 unspecified atom stereocenters. The van der Waals surface area contributed by atoms with Crippen LogP contribution in [0.25, 0.3) is 0 Å². The number of carboxylic acids is 1. The minimum absolute atomic E-state index is 0.145. The molecule has 13 nitrogen and oxygen atoms in total. The lowest BCUT2D eigenvalue weighted by Crippen LogP contribution is -2.59. The van der Waals surface area contributed by atoms with Crippen LogP contribution >= 0.6 is 0 Å². The molecule has 2 rings (SSSR count). The predicted octanol–water partition coefficient (Wildman–Crippen LogP) is 1.93. The van der Waals surface area contributed by atoms with Gasteiger partial charge in [-0.3, -0.25) is 9.59 Å². The van der Waals surface area contributed by atoms with Crippen molar-refractivity contribution in [3.63, 3.8) is 0 Å². The Morgan fingerprint density at radius 2 is 1.57 bits per heavy atom. The number of esters is 2. The smallest absolute Gasteiger partial charge is 0.331 e. The quantitative estimate of drug-likeness (QED) is 0.215. The van der Waals surface area contributed by atoms with Crippen LogP contribution in [0.4, 0.5) is 0 Å². The standard InChI is InChI=1S/C34H48O13/c1-23-13-7-3-2-4-8-14-24(35)21-25(36)15-9-5-10-16-26(17-11-6-12-18-30(40)45-23)46-34-33(43)32(42)31(41)27(47-34)22-44-29(39)20-19-28(37)38/h2,4-6,8-12,14,16,18,23-27,31-36,41-43H,3,7,13,15,17,19-22H2,1H3,(H,37,38)/b4-2+,9-5-,11-6+,14-8+,16-10+,18-12-/t23?,24?,25?,26?,27-,31-,32+,33-,34-/m0/s1. The van der Waals surface area contributed by atoms with Crippen LogP contribution in [-0.2, 0) is 33.3 Å². The lowest BCUT2D eigenvalue weighted by atomic mass is 9.99. The fourth-order valence-electron chi connectivity index (χ4n) is 4.54. The summed E-state index contributed by atoms with van der Waals surface area (Å²) in [4.78, 5) is 34.7. The van der Waals surface area contributed by atoms with E-state index in [9.17, 15) is 39.9 Å². The molecule has 0 aromatic heterocycles. The summed E-state index contributed by atoms with van der Waals surface area (Å²) in [6, 6.07) is 0. The van der Waals surface area contributed by atoms with Gasteiger partial charge >= 0.3 is 17.9 Å². The number of aliphatic hydroxyl groups is 5. The minimum Gasteiger partial charge on any atom is -0.481 e. The first-order valence-corrected chi connectivity index (χ1v) is 15.7. The van der Waals surface area contributed by atoms with E-state index < -0.39 is 86.4 Å². The number of ether oxygens (including phenoxy) is 4. The summed E-state index contributed by atoms with van der Waals surface area (Å²) in [6.07, 6.45) is 11.5. The number of allylic oxidation sites excluding steroid dienone is 7. The molecule has 0 aliphatic carbocycles. The number of hydrogen-bond acceptors (Lipinski definition) is 12. The van der Waals surface area contributed by atoms with Gasteiger partial charge in [-0.1, -0.05) is 66.8 Å². The maximum Gasteiger partial charge on any atom is 0.331 e. The van der Waals surface area contributed by atoms with Gasteiger partial charge < -0.3 is 49.6 Å². The van der Waals surface area contributed by atoms with Crippen molar-refractivity contribution in [2.24, 2.45) is 0 Å². The monoisotopic (exact) mass is 664 g/mol. The predicted molar refractivity (Wildman–Crippen MR) is 169 cm³/mol. The Kier molecular flexibility index (Phi) is 18.8. The van der Waals surface area contributed by atoms with Gasteiger partial charge in [0.15, 0.2) is 6.29 Å². The third kappa shape index (κ3) is 16.8. The molecule has 0 radical (unpaired) electrons. The topological polar surface area (TPSA) is 210 Å². The summed E-state index contributed by atoms with van der Waals surface area (Å²) in [6.45, 7) is 1.29. The van der Waals surface area contributed by atoms with Gasteiger partial charge in [0, 0.05) is 12.5 Å². The zero-order valence-corrected chi connectivity index (χ0v) is 26.5. The normalized spacial score (nSPS) is 36.0. The zero-order valence-electron chi connectivity index (χ0n) is 26.5. The highest BCUT2D eigenvalue weighted by molar-refractivity contribution is 5.82. The molecule has 47 heavy (non-hydrogen) atoms. The molecule has 1 fully saturated rings. The first kappa shape index (κ1) is 39.7. The van der Waals surface area contributed by atoms with E-state index in [4.69, 9.17) is 24.1 Å². The van der Waals surface area contributed by atoms with E-state index in [0.717, 1.165) is 12.8 Å². The number of hydrogen-bond donors (Lipinski definition) is 6. The second-order valence-corrected chi connectivity index (χ2v) is 11.3. The molecular weight excluding hydrogens is 616 g/mol. The zero-order chi connectivity index (χ0) is 34.6. The first-order chi connectivity index (χ1) is 22.5. The van der Waals surface area contributed by atoms with Crippen molar-refractivity contribution >= 4 is 17.9 Å². The van der Waals surface area contributed by atoms with Crippen LogP contribution in [0.5, 0.6) is 0 Å². The molecule has 2 heterocycles. The largest absolute Gasteiger partial charge is 0.481 e. The van der Waals surface area contributed by atoms with E-state index in [-0.39, 0.29) is 25.4 Å². The van der Waals surface area contributed by atoms with Crippen molar-refractivity contribution < 1.29 is 64.0 Å². The fourth-order valence-corrected chi connectivity index (χ4v) is 4.54. The van der Waals surface area contributed by atoms with Crippen molar-refractivity contribution in [1.29, 1.82) is 0 Å². The molecular formula is C34H48O13. The average molecular weight is 665 g/mol. The fraction of sp³-hybridized carbons (Fsp3) is 0.559. The van der Waals surface area contributed by atoms with Gasteiger partial charge in [-0.25, -0.2) is 4.79 Å². The van der Waals surface area contributed by atoms with Gasteiger partial charge in [-0.15, -0.1) is 0 Å². The van der Waals surface area contributed by atoms with E-state index in [0.29, 0.717) is 6.42 Å². The van der Waals surface area contributed by atoms with Crippen LogP contribution in [0, 0.1) is 0 Å². The Hall–Kier alpha value is -3.43. The molecule has 0 spiro atoms. The number of aliphatic carboxylic acids is 1. The van der Waals surface area contributed by atoms with Gasteiger partial charge in [0.25, 0.3) is 0 Å². The van der Waals surface area contributed by atoms with Crippen LogP contribution in [0.2, 0.25) is 0 Å². The van der Waals surface area contributed by atoms with Crippen molar-refractivity contribution in [3.8, 4) is 0 Å². The van der Waals surface area contributed by atoms with Gasteiger partial charge in [0.2, 0.25) is 0 Å². The summed E-state index contributed by atoms with van der Waals surface area (Å²) in [5.74, 6) is -2.52. The van der Waals surface area contributed by atoms with E-state index in [1.54, 1.807) is 48.6 Å². The molecule has 0 amide bonds. The van der Waals surface area contributed by atoms with Gasteiger partial charge in [-0.05, 0) is 39.0 Å². The molecule has 262 valence electrons. The van der Waals surface area contributed by atoms with Crippen LogP contribution in [0.3, 0.4) is 0 Å². The number of rotatable bonds is 7. The highest BCUT2D eigenvalue weighted by Crippen LogP contribution is 2.25. The van der Waals surface area contributed by atoms with Gasteiger partial charge in [0.1, 0.15) is 31.0 Å². The Labute approximate surface area is 274 Å².